The molecule has 0 aromatic carbocycles. The lowest BCUT2D eigenvalue weighted by molar-refractivity contribution is 0.408. The summed E-state index contributed by atoms with van der Waals surface area (Å²) in [6.45, 7) is 4.36. The SMILES string of the molecule is CCC(C)c1sncc1OC. The number of hydrogen-bond acceptors (Lipinski definition) is 3. The molecular weight excluding hydrogens is 158 g/mol. The molecule has 0 aliphatic heterocycles. The van der Waals surface area contributed by atoms with E-state index in [0.717, 1.165) is 12.2 Å². The second kappa shape index (κ2) is 3.72. The van der Waals surface area contributed by atoms with E-state index in [1.807, 2.05) is 0 Å². The smallest absolute Gasteiger partial charge is 0.153 e. The summed E-state index contributed by atoms with van der Waals surface area (Å²) in [5.41, 5.74) is 0. The summed E-state index contributed by atoms with van der Waals surface area (Å²) in [6, 6.07) is 0. The molecule has 1 heterocycles. The quantitative estimate of drug-likeness (QED) is 0.697. The van der Waals surface area contributed by atoms with Gasteiger partial charge >= 0.3 is 0 Å². The van der Waals surface area contributed by atoms with Crippen LogP contribution in [-0.2, 0) is 0 Å². The average molecular weight is 171 g/mol. The highest BCUT2D eigenvalue weighted by atomic mass is 32.1. The molecular formula is C8H13NOS. The molecule has 3 heteroatoms. The topological polar surface area (TPSA) is 22.1 Å². The predicted molar refractivity (Wildman–Crippen MR) is 47.4 cm³/mol. The van der Waals surface area contributed by atoms with Crippen molar-refractivity contribution in [3.63, 3.8) is 0 Å². The Kier molecular flexibility index (Phi) is 2.88. The highest BCUT2D eigenvalue weighted by molar-refractivity contribution is 7.06. The predicted octanol–water partition coefficient (Wildman–Crippen LogP) is 2.67. The van der Waals surface area contributed by atoms with Crippen molar-refractivity contribution in [3.05, 3.63) is 11.1 Å². The largest absolute Gasteiger partial charge is 0.494 e. The molecule has 0 spiro atoms. The Labute approximate surface area is 71.4 Å². The van der Waals surface area contributed by atoms with E-state index in [9.17, 15) is 0 Å². The molecule has 2 nitrogen and oxygen atoms in total. The van der Waals surface area contributed by atoms with Gasteiger partial charge in [-0.25, -0.2) is 0 Å². The first kappa shape index (κ1) is 8.53. The van der Waals surface area contributed by atoms with Crippen LogP contribution in [0.2, 0.25) is 0 Å². The molecule has 0 bridgehead atoms. The van der Waals surface area contributed by atoms with E-state index in [-0.39, 0.29) is 0 Å². The van der Waals surface area contributed by atoms with Crippen LogP contribution in [0.5, 0.6) is 5.75 Å². The van der Waals surface area contributed by atoms with Gasteiger partial charge in [-0.15, -0.1) is 0 Å². The fourth-order valence-electron chi connectivity index (χ4n) is 0.911. The van der Waals surface area contributed by atoms with Gasteiger partial charge in [-0.05, 0) is 23.9 Å². The second-order valence-corrected chi connectivity index (χ2v) is 3.40. The third-order valence-corrected chi connectivity index (χ3v) is 2.85. The number of ether oxygens (including phenoxy) is 1. The van der Waals surface area contributed by atoms with E-state index in [2.05, 4.69) is 18.2 Å². The Bertz CT molecular complexity index is 222. The van der Waals surface area contributed by atoms with Gasteiger partial charge < -0.3 is 4.74 Å². The summed E-state index contributed by atoms with van der Waals surface area (Å²) >= 11 is 1.53. The third kappa shape index (κ3) is 1.71. The Balaban J connectivity index is 2.83. The summed E-state index contributed by atoms with van der Waals surface area (Å²) in [5.74, 6) is 1.50. The number of nitrogens with zero attached hydrogens (tertiary/aromatic N) is 1. The van der Waals surface area contributed by atoms with Crippen LogP contribution in [-0.4, -0.2) is 11.5 Å². The number of rotatable bonds is 3. The zero-order valence-electron chi connectivity index (χ0n) is 7.13. The van der Waals surface area contributed by atoms with E-state index in [1.54, 1.807) is 13.3 Å². The summed E-state index contributed by atoms with van der Waals surface area (Å²) in [5, 5.41) is 0. The highest BCUT2D eigenvalue weighted by Gasteiger charge is 2.11. The third-order valence-electron chi connectivity index (χ3n) is 1.84. The lowest BCUT2D eigenvalue weighted by Crippen LogP contribution is -1.90. The van der Waals surface area contributed by atoms with Crippen molar-refractivity contribution in [2.24, 2.45) is 0 Å². The van der Waals surface area contributed by atoms with Crippen LogP contribution in [0.1, 0.15) is 31.1 Å². The molecule has 1 atom stereocenters. The summed E-state index contributed by atoms with van der Waals surface area (Å²) < 4.78 is 9.23. The average Bonchev–Trinajstić information content (AvgIpc) is 2.50. The Hall–Kier alpha value is -0.570. The van der Waals surface area contributed by atoms with Crippen molar-refractivity contribution < 1.29 is 4.74 Å². The monoisotopic (exact) mass is 171 g/mol. The lowest BCUT2D eigenvalue weighted by atomic mass is 10.1. The van der Waals surface area contributed by atoms with Gasteiger partial charge in [-0.2, -0.15) is 4.37 Å². The first-order valence-corrected chi connectivity index (χ1v) is 4.55. The second-order valence-electron chi connectivity index (χ2n) is 2.57. The molecule has 0 saturated carbocycles. The number of hydrogen-bond donors (Lipinski definition) is 0. The van der Waals surface area contributed by atoms with E-state index >= 15 is 0 Å². The van der Waals surface area contributed by atoms with Crippen LogP contribution in [0.4, 0.5) is 0 Å². The van der Waals surface area contributed by atoms with Gasteiger partial charge in [0, 0.05) is 0 Å². The normalized spacial score (nSPS) is 13.0. The Morgan fingerprint density at radius 3 is 3.00 bits per heavy atom. The van der Waals surface area contributed by atoms with Crippen molar-refractivity contribution in [1.29, 1.82) is 0 Å². The molecule has 1 aromatic rings. The molecule has 1 unspecified atom stereocenters. The highest BCUT2D eigenvalue weighted by Crippen LogP contribution is 2.31. The number of methoxy groups -OCH3 is 1. The number of aromatic nitrogens is 1. The maximum Gasteiger partial charge on any atom is 0.153 e. The summed E-state index contributed by atoms with van der Waals surface area (Å²) in [7, 11) is 1.69. The van der Waals surface area contributed by atoms with Gasteiger partial charge in [-0.3, -0.25) is 0 Å². The fourth-order valence-corrected chi connectivity index (χ4v) is 1.75. The lowest BCUT2D eigenvalue weighted by Gasteiger charge is -2.06. The molecule has 0 amide bonds. The molecule has 0 aliphatic carbocycles. The van der Waals surface area contributed by atoms with Gasteiger partial charge in [0.15, 0.2) is 5.75 Å². The van der Waals surface area contributed by atoms with E-state index < -0.39 is 0 Å². The molecule has 0 aliphatic rings. The van der Waals surface area contributed by atoms with E-state index in [1.165, 1.54) is 16.4 Å². The van der Waals surface area contributed by atoms with Gasteiger partial charge in [-0.1, -0.05) is 13.8 Å². The fraction of sp³-hybridized carbons (Fsp3) is 0.625. The minimum atomic E-state index is 0.567. The van der Waals surface area contributed by atoms with Crippen molar-refractivity contribution >= 4 is 11.5 Å². The molecule has 62 valence electrons. The van der Waals surface area contributed by atoms with E-state index in [4.69, 9.17) is 4.74 Å². The first-order valence-electron chi connectivity index (χ1n) is 3.78. The molecule has 0 fully saturated rings. The molecule has 1 rings (SSSR count). The van der Waals surface area contributed by atoms with Crippen molar-refractivity contribution in [2.45, 2.75) is 26.2 Å². The maximum absolute atomic E-state index is 5.16. The van der Waals surface area contributed by atoms with Crippen molar-refractivity contribution in [1.82, 2.24) is 4.37 Å². The zero-order chi connectivity index (χ0) is 8.27. The van der Waals surface area contributed by atoms with Gasteiger partial charge in [0.1, 0.15) is 0 Å². The van der Waals surface area contributed by atoms with Gasteiger partial charge in [0.2, 0.25) is 0 Å². The van der Waals surface area contributed by atoms with Gasteiger partial charge in [0.25, 0.3) is 0 Å². The zero-order valence-corrected chi connectivity index (χ0v) is 7.94. The first-order chi connectivity index (χ1) is 5.29. The summed E-state index contributed by atoms with van der Waals surface area (Å²) in [4.78, 5) is 1.26. The van der Waals surface area contributed by atoms with Crippen LogP contribution >= 0.6 is 11.5 Å². The van der Waals surface area contributed by atoms with Crippen LogP contribution in [0.25, 0.3) is 0 Å². The summed E-state index contributed by atoms with van der Waals surface area (Å²) in [6.07, 6.45) is 2.92. The maximum atomic E-state index is 5.16. The minimum absolute atomic E-state index is 0.567. The van der Waals surface area contributed by atoms with E-state index in [0.29, 0.717) is 5.92 Å². The minimum Gasteiger partial charge on any atom is -0.494 e. The molecule has 1 aromatic heterocycles. The Morgan fingerprint density at radius 1 is 1.73 bits per heavy atom. The van der Waals surface area contributed by atoms with Crippen molar-refractivity contribution in [3.8, 4) is 5.75 Å². The van der Waals surface area contributed by atoms with Crippen LogP contribution in [0, 0.1) is 0 Å². The van der Waals surface area contributed by atoms with Crippen LogP contribution < -0.4 is 4.74 Å². The molecule has 11 heavy (non-hydrogen) atoms. The van der Waals surface area contributed by atoms with Crippen LogP contribution in [0.3, 0.4) is 0 Å². The van der Waals surface area contributed by atoms with Crippen LogP contribution in [0.15, 0.2) is 6.20 Å². The Morgan fingerprint density at radius 2 is 2.45 bits per heavy atom. The standard InChI is InChI=1S/C8H13NOS/c1-4-6(2)8-7(10-3)5-9-11-8/h5-6H,4H2,1-3H3. The van der Waals surface area contributed by atoms with Crippen molar-refractivity contribution in [2.75, 3.05) is 7.11 Å². The molecule has 0 radical (unpaired) electrons. The molecule has 0 saturated heterocycles. The van der Waals surface area contributed by atoms with Gasteiger partial charge in [0.05, 0.1) is 18.2 Å². The molecule has 0 N–H and O–H groups in total.